The maximum atomic E-state index is 12.3. The monoisotopic (exact) mass is 441 g/mol. The molecular formula is C16H26F2IN3O. The Labute approximate surface area is 154 Å². The first-order chi connectivity index (χ1) is 10.4. The Balaban J connectivity index is 0.00000484. The van der Waals surface area contributed by atoms with Crippen LogP contribution in [0.25, 0.3) is 0 Å². The molecule has 0 heterocycles. The maximum absolute atomic E-state index is 12.3. The fourth-order valence-electron chi connectivity index (χ4n) is 1.84. The lowest BCUT2D eigenvalue weighted by molar-refractivity contribution is 0.152. The van der Waals surface area contributed by atoms with E-state index in [0.29, 0.717) is 19.0 Å². The van der Waals surface area contributed by atoms with Gasteiger partial charge in [-0.15, -0.1) is 24.0 Å². The van der Waals surface area contributed by atoms with Gasteiger partial charge in [-0.1, -0.05) is 12.1 Å². The van der Waals surface area contributed by atoms with Crippen molar-refractivity contribution in [2.75, 3.05) is 13.1 Å². The highest BCUT2D eigenvalue weighted by Gasteiger charge is 2.08. The summed E-state index contributed by atoms with van der Waals surface area (Å²) in [6.07, 6.45) is -2.35. The molecule has 0 fully saturated rings. The number of hydrogen-bond acceptors (Lipinski definition) is 2. The average Bonchev–Trinajstić information content (AvgIpc) is 2.42. The molecule has 0 unspecified atom stereocenters. The van der Waals surface area contributed by atoms with Gasteiger partial charge in [0.05, 0.1) is 19.2 Å². The summed E-state index contributed by atoms with van der Waals surface area (Å²) in [5.74, 6) is 1.15. The Morgan fingerprint density at radius 1 is 1.26 bits per heavy atom. The average molecular weight is 441 g/mol. The highest BCUT2D eigenvalue weighted by Crippen LogP contribution is 2.22. The highest BCUT2D eigenvalue weighted by atomic mass is 127. The van der Waals surface area contributed by atoms with Gasteiger partial charge >= 0.3 is 0 Å². The zero-order chi connectivity index (χ0) is 16.5. The lowest BCUT2D eigenvalue weighted by Crippen LogP contribution is -2.39. The molecule has 0 saturated heterocycles. The molecule has 0 aromatic heterocycles. The van der Waals surface area contributed by atoms with Crippen LogP contribution in [0.3, 0.4) is 0 Å². The van der Waals surface area contributed by atoms with Crippen LogP contribution in [-0.2, 0) is 6.54 Å². The van der Waals surface area contributed by atoms with Crippen LogP contribution in [0.4, 0.5) is 8.78 Å². The van der Waals surface area contributed by atoms with E-state index in [4.69, 9.17) is 4.74 Å². The molecule has 1 rings (SSSR count). The van der Waals surface area contributed by atoms with Crippen molar-refractivity contribution in [3.8, 4) is 5.75 Å². The molecule has 0 saturated carbocycles. The molecule has 0 aliphatic heterocycles. The normalized spacial score (nSPS) is 11.4. The number of nitrogens with zero attached hydrogens (tertiary/aromatic N) is 1. The van der Waals surface area contributed by atoms with Crippen molar-refractivity contribution in [2.45, 2.75) is 46.8 Å². The van der Waals surface area contributed by atoms with Gasteiger partial charge in [0.1, 0.15) is 5.75 Å². The minimum atomic E-state index is -2.41. The Hall–Kier alpha value is -1.12. The van der Waals surface area contributed by atoms with Gasteiger partial charge in [0.2, 0.25) is 0 Å². The molecule has 23 heavy (non-hydrogen) atoms. The Morgan fingerprint density at radius 3 is 2.52 bits per heavy atom. The van der Waals surface area contributed by atoms with Gasteiger partial charge in [-0.25, -0.2) is 13.8 Å². The smallest absolute Gasteiger partial charge is 0.255 e. The van der Waals surface area contributed by atoms with Gasteiger partial charge in [0.25, 0.3) is 6.43 Å². The van der Waals surface area contributed by atoms with Gasteiger partial charge < -0.3 is 15.4 Å². The van der Waals surface area contributed by atoms with E-state index >= 15 is 0 Å². The quantitative estimate of drug-likeness (QED) is 0.385. The predicted molar refractivity (Wildman–Crippen MR) is 101 cm³/mol. The summed E-state index contributed by atoms with van der Waals surface area (Å²) >= 11 is 0. The number of guanidine groups is 1. The summed E-state index contributed by atoms with van der Waals surface area (Å²) in [4.78, 5) is 4.33. The molecule has 1 aromatic rings. The third-order valence-electron chi connectivity index (χ3n) is 2.76. The van der Waals surface area contributed by atoms with Gasteiger partial charge in [-0.2, -0.15) is 0 Å². The van der Waals surface area contributed by atoms with E-state index in [9.17, 15) is 8.78 Å². The van der Waals surface area contributed by atoms with Crippen LogP contribution in [-0.4, -0.2) is 31.6 Å². The van der Waals surface area contributed by atoms with Crippen LogP contribution >= 0.6 is 24.0 Å². The van der Waals surface area contributed by atoms with Crippen molar-refractivity contribution in [3.63, 3.8) is 0 Å². The fourth-order valence-corrected chi connectivity index (χ4v) is 1.84. The number of alkyl halides is 2. The number of rotatable bonds is 7. The molecule has 7 heteroatoms. The molecule has 0 aliphatic carbocycles. The molecule has 2 N–H and O–H groups in total. The van der Waals surface area contributed by atoms with Crippen molar-refractivity contribution >= 4 is 29.9 Å². The van der Waals surface area contributed by atoms with Crippen LogP contribution in [0.15, 0.2) is 23.2 Å². The van der Waals surface area contributed by atoms with Gasteiger partial charge in [0, 0.05) is 12.1 Å². The molecular weight excluding hydrogens is 415 g/mol. The van der Waals surface area contributed by atoms with Crippen molar-refractivity contribution in [1.82, 2.24) is 10.6 Å². The van der Waals surface area contributed by atoms with E-state index in [-0.39, 0.29) is 30.1 Å². The first kappa shape index (κ1) is 21.9. The molecule has 0 spiro atoms. The van der Waals surface area contributed by atoms with Crippen LogP contribution in [0.1, 0.15) is 31.9 Å². The van der Waals surface area contributed by atoms with Crippen molar-refractivity contribution in [3.05, 3.63) is 29.3 Å². The minimum absolute atomic E-state index is 0. The zero-order valence-electron chi connectivity index (χ0n) is 14.0. The first-order valence-electron chi connectivity index (χ1n) is 7.48. The summed E-state index contributed by atoms with van der Waals surface area (Å²) in [6.45, 7) is 8.36. The second-order valence-electron chi connectivity index (χ2n) is 5.24. The van der Waals surface area contributed by atoms with Crippen LogP contribution in [0.5, 0.6) is 5.75 Å². The summed E-state index contributed by atoms with van der Waals surface area (Å²) in [5, 5.41) is 5.55. The van der Waals surface area contributed by atoms with E-state index in [0.717, 1.165) is 16.9 Å². The highest BCUT2D eigenvalue weighted by molar-refractivity contribution is 14.0. The topological polar surface area (TPSA) is 45.7 Å². The first-order valence-corrected chi connectivity index (χ1v) is 7.48. The molecule has 4 nitrogen and oxygen atoms in total. The molecule has 0 bridgehead atoms. The summed E-state index contributed by atoms with van der Waals surface area (Å²) in [7, 11) is 0. The van der Waals surface area contributed by atoms with E-state index in [1.54, 1.807) is 0 Å². The molecule has 0 amide bonds. The van der Waals surface area contributed by atoms with Crippen LogP contribution in [0, 0.1) is 6.92 Å². The lowest BCUT2D eigenvalue weighted by atomic mass is 10.1. The van der Waals surface area contributed by atoms with Crippen LogP contribution < -0.4 is 15.4 Å². The number of halogens is 3. The molecule has 0 atom stereocenters. The number of aryl methyl sites for hydroxylation is 1. The largest absolute Gasteiger partial charge is 0.491 e. The molecule has 132 valence electrons. The molecule has 1 aromatic carbocycles. The second-order valence-corrected chi connectivity index (χ2v) is 5.24. The van der Waals surface area contributed by atoms with E-state index in [1.807, 2.05) is 45.9 Å². The van der Waals surface area contributed by atoms with E-state index < -0.39 is 13.0 Å². The second kappa shape index (κ2) is 11.4. The maximum Gasteiger partial charge on any atom is 0.255 e. The number of hydrogen-bond donors (Lipinski definition) is 2. The SMILES string of the molecule is CCNC(=NCc1ccc(C)cc1OC(C)C)NCC(F)F.I. The number of nitrogens with one attached hydrogen (secondary N) is 2. The Morgan fingerprint density at radius 2 is 1.96 bits per heavy atom. The summed E-state index contributed by atoms with van der Waals surface area (Å²) in [5.41, 5.74) is 2.03. The van der Waals surface area contributed by atoms with Gasteiger partial charge in [-0.05, 0) is 39.3 Å². The molecule has 0 aliphatic rings. The Bertz CT molecular complexity index is 496. The van der Waals surface area contributed by atoms with Crippen molar-refractivity contribution < 1.29 is 13.5 Å². The number of ether oxygens (including phenoxy) is 1. The minimum Gasteiger partial charge on any atom is -0.491 e. The summed E-state index contributed by atoms with van der Waals surface area (Å²) in [6, 6.07) is 5.90. The lowest BCUT2D eigenvalue weighted by Gasteiger charge is -2.15. The predicted octanol–water partition coefficient (Wildman–Crippen LogP) is 3.72. The van der Waals surface area contributed by atoms with Gasteiger partial charge in [-0.3, -0.25) is 0 Å². The fraction of sp³-hybridized carbons (Fsp3) is 0.562. The van der Waals surface area contributed by atoms with Crippen LogP contribution in [0.2, 0.25) is 0 Å². The molecule has 0 radical (unpaired) electrons. The number of benzene rings is 1. The zero-order valence-corrected chi connectivity index (χ0v) is 16.4. The van der Waals surface area contributed by atoms with Crippen molar-refractivity contribution in [2.24, 2.45) is 4.99 Å². The van der Waals surface area contributed by atoms with E-state index in [1.165, 1.54) is 0 Å². The number of aliphatic imine (C=N–C) groups is 1. The Kier molecular flexibility index (Phi) is 10.9. The third-order valence-corrected chi connectivity index (χ3v) is 2.76. The third kappa shape index (κ3) is 8.92. The van der Waals surface area contributed by atoms with Gasteiger partial charge in [0.15, 0.2) is 5.96 Å². The summed E-state index contributed by atoms with van der Waals surface area (Å²) < 4.78 is 30.4. The van der Waals surface area contributed by atoms with E-state index in [2.05, 4.69) is 15.6 Å². The van der Waals surface area contributed by atoms with Crippen molar-refractivity contribution in [1.29, 1.82) is 0 Å². The standard InChI is InChI=1S/C16H25F2N3O.HI/c1-5-19-16(21-10-15(17)18)20-9-13-7-6-12(4)8-14(13)22-11(2)3;/h6-8,11,15H,5,9-10H2,1-4H3,(H2,19,20,21);1H.